The van der Waals surface area contributed by atoms with Crippen molar-refractivity contribution in [1.29, 1.82) is 0 Å². The Labute approximate surface area is 218 Å². The number of hydrogen-bond acceptors (Lipinski definition) is 4. The predicted octanol–water partition coefficient (Wildman–Crippen LogP) is 3.76. The molecule has 1 atom stereocenters. The van der Waals surface area contributed by atoms with Gasteiger partial charge in [0.1, 0.15) is 11.9 Å². The summed E-state index contributed by atoms with van der Waals surface area (Å²) in [6.45, 7) is -0.00362. The highest BCUT2D eigenvalue weighted by Crippen LogP contribution is 2.20. The van der Waals surface area contributed by atoms with Gasteiger partial charge >= 0.3 is 0 Å². The summed E-state index contributed by atoms with van der Waals surface area (Å²) in [6.07, 6.45) is 1.57. The molecule has 0 aromatic heterocycles. The lowest BCUT2D eigenvalue weighted by atomic mass is 10.0. The van der Waals surface area contributed by atoms with E-state index < -0.39 is 21.9 Å². The molecule has 196 valence electrons. The third-order valence-electron chi connectivity index (χ3n) is 6.01. The standard InChI is InChI=1S/C28H32FN3O4S/c1-30-28(34)26(20-22-12-5-3-6-13-22)31(21-23-14-9-10-17-25(23)29)27(33)18-11-19-32(37(2,35)36)24-15-7-4-8-16-24/h3-10,12-17,26H,11,18-21H2,1-2H3,(H,30,34). The van der Waals surface area contributed by atoms with Crippen LogP contribution in [0.5, 0.6) is 0 Å². The van der Waals surface area contributed by atoms with Crippen LogP contribution in [-0.2, 0) is 32.6 Å². The summed E-state index contributed by atoms with van der Waals surface area (Å²) in [6, 6.07) is 23.2. The van der Waals surface area contributed by atoms with Gasteiger partial charge in [-0.15, -0.1) is 0 Å². The van der Waals surface area contributed by atoms with Gasteiger partial charge in [-0.05, 0) is 30.2 Å². The summed E-state index contributed by atoms with van der Waals surface area (Å²) in [5.41, 5.74) is 1.66. The highest BCUT2D eigenvalue weighted by atomic mass is 32.2. The van der Waals surface area contributed by atoms with Gasteiger partial charge in [-0.25, -0.2) is 12.8 Å². The number of likely N-dealkylation sites (N-methyl/N-ethyl adjacent to an activating group) is 1. The third-order valence-corrected chi connectivity index (χ3v) is 7.21. The number of rotatable bonds is 12. The van der Waals surface area contributed by atoms with Gasteiger partial charge in [-0.1, -0.05) is 66.7 Å². The average molecular weight is 526 g/mol. The van der Waals surface area contributed by atoms with E-state index in [1.165, 1.54) is 22.3 Å². The maximum Gasteiger partial charge on any atom is 0.242 e. The zero-order valence-electron chi connectivity index (χ0n) is 21.0. The van der Waals surface area contributed by atoms with Crippen LogP contribution in [0.2, 0.25) is 0 Å². The normalized spacial score (nSPS) is 12.0. The Hall–Kier alpha value is -3.72. The average Bonchev–Trinajstić information content (AvgIpc) is 2.89. The number of halogens is 1. The van der Waals surface area contributed by atoms with Crippen molar-refractivity contribution in [1.82, 2.24) is 10.2 Å². The number of anilines is 1. The molecule has 0 aliphatic carbocycles. The summed E-state index contributed by atoms with van der Waals surface area (Å²) in [4.78, 5) is 27.9. The number of sulfonamides is 1. The molecule has 0 spiro atoms. The molecular formula is C28H32FN3O4S. The fourth-order valence-electron chi connectivity index (χ4n) is 4.13. The van der Waals surface area contributed by atoms with Gasteiger partial charge in [0.05, 0.1) is 11.9 Å². The zero-order chi connectivity index (χ0) is 26.8. The van der Waals surface area contributed by atoms with Crippen LogP contribution < -0.4 is 9.62 Å². The number of nitrogens with one attached hydrogen (secondary N) is 1. The van der Waals surface area contributed by atoms with Gasteiger partial charge in [0.2, 0.25) is 21.8 Å². The van der Waals surface area contributed by atoms with E-state index in [2.05, 4.69) is 5.32 Å². The Morgan fingerprint density at radius 3 is 2.11 bits per heavy atom. The van der Waals surface area contributed by atoms with E-state index in [4.69, 9.17) is 0 Å². The molecule has 7 nitrogen and oxygen atoms in total. The Morgan fingerprint density at radius 1 is 0.919 bits per heavy atom. The predicted molar refractivity (Wildman–Crippen MR) is 143 cm³/mol. The molecule has 9 heteroatoms. The molecule has 3 aromatic carbocycles. The molecule has 37 heavy (non-hydrogen) atoms. The Bertz CT molecular complexity index is 1290. The molecular weight excluding hydrogens is 493 g/mol. The van der Waals surface area contributed by atoms with Gasteiger partial charge in [0, 0.05) is 38.5 Å². The molecule has 0 aliphatic rings. The highest BCUT2D eigenvalue weighted by Gasteiger charge is 2.30. The van der Waals surface area contributed by atoms with Crippen LogP contribution >= 0.6 is 0 Å². The molecule has 0 saturated heterocycles. The molecule has 0 saturated carbocycles. The number of carbonyl (C=O) groups excluding carboxylic acids is 2. The van der Waals surface area contributed by atoms with Crippen molar-refractivity contribution in [2.75, 3.05) is 24.2 Å². The van der Waals surface area contributed by atoms with Gasteiger partial charge in [0.25, 0.3) is 0 Å². The van der Waals surface area contributed by atoms with E-state index in [0.29, 0.717) is 11.3 Å². The molecule has 0 fully saturated rings. The number of nitrogens with zero attached hydrogens (tertiary/aromatic N) is 2. The van der Waals surface area contributed by atoms with E-state index >= 15 is 0 Å². The van der Waals surface area contributed by atoms with E-state index in [0.717, 1.165) is 11.8 Å². The quantitative estimate of drug-likeness (QED) is 0.390. The van der Waals surface area contributed by atoms with E-state index in [1.807, 2.05) is 30.3 Å². The summed E-state index contributed by atoms with van der Waals surface area (Å²) in [7, 11) is -2.07. The summed E-state index contributed by atoms with van der Waals surface area (Å²) in [5.74, 6) is -1.20. The second-order valence-electron chi connectivity index (χ2n) is 8.71. The summed E-state index contributed by atoms with van der Waals surface area (Å²) < 4.78 is 40.6. The van der Waals surface area contributed by atoms with Gasteiger partial charge < -0.3 is 10.2 Å². The van der Waals surface area contributed by atoms with Crippen LogP contribution in [0.4, 0.5) is 10.1 Å². The van der Waals surface area contributed by atoms with Crippen molar-refractivity contribution in [3.05, 3.63) is 102 Å². The topological polar surface area (TPSA) is 86.8 Å². The lowest BCUT2D eigenvalue weighted by Crippen LogP contribution is -2.50. The molecule has 0 heterocycles. The molecule has 3 aromatic rings. The lowest BCUT2D eigenvalue weighted by Gasteiger charge is -2.31. The fraction of sp³-hybridized carbons (Fsp3) is 0.286. The number of hydrogen-bond donors (Lipinski definition) is 1. The molecule has 0 aliphatic heterocycles. The van der Waals surface area contributed by atoms with Crippen LogP contribution in [0.3, 0.4) is 0 Å². The van der Waals surface area contributed by atoms with Gasteiger partial charge in [-0.2, -0.15) is 0 Å². The number of para-hydroxylation sites is 1. The first kappa shape index (κ1) is 27.9. The number of benzene rings is 3. The van der Waals surface area contributed by atoms with Crippen LogP contribution in [0.1, 0.15) is 24.0 Å². The van der Waals surface area contributed by atoms with Crippen molar-refractivity contribution in [3.63, 3.8) is 0 Å². The molecule has 1 N–H and O–H groups in total. The maximum atomic E-state index is 14.6. The Kier molecular flexibility index (Phi) is 9.79. The number of carbonyl (C=O) groups is 2. The van der Waals surface area contributed by atoms with Crippen LogP contribution in [0.25, 0.3) is 0 Å². The molecule has 1 unspecified atom stereocenters. The van der Waals surface area contributed by atoms with Crippen molar-refractivity contribution in [3.8, 4) is 0 Å². The monoisotopic (exact) mass is 525 g/mol. The smallest absolute Gasteiger partial charge is 0.242 e. The fourth-order valence-corrected chi connectivity index (χ4v) is 5.09. The highest BCUT2D eigenvalue weighted by molar-refractivity contribution is 7.92. The minimum atomic E-state index is -3.57. The first-order valence-electron chi connectivity index (χ1n) is 12.0. The van der Waals surface area contributed by atoms with E-state index in [-0.39, 0.29) is 44.2 Å². The van der Waals surface area contributed by atoms with Gasteiger partial charge in [0.15, 0.2) is 0 Å². The summed E-state index contributed by atoms with van der Waals surface area (Å²) in [5, 5.41) is 2.62. The van der Waals surface area contributed by atoms with Crippen LogP contribution in [0.15, 0.2) is 84.9 Å². The van der Waals surface area contributed by atoms with E-state index in [9.17, 15) is 22.4 Å². The van der Waals surface area contributed by atoms with Crippen molar-refractivity contribution in [2.45, 2.75) is 31.8 Å². The molecule has 3 rings (SSSR count). The van der Waals surface area contributed by atoms with Crippen LogP contribution in [-0.4, -0.2) is 51.0 Å². The second kappa shape index (κ2) is 13.0. The summed E-state index contributed by atoms with van der Waals surface area (Å²) >= 11 is 0. The Morgan fingerprint density at radius 2 is 1.51 bits per heavy atom. The van der Waals surface area contributed by atoms with Gasteiger partial charge in [-0.3, -0.25) is 13.9 Å². The van der Waals surface area contributed by atoms with E-state index in [1.54, 1.807) is 48.5 Å². The van der Waals surface area contributed by atoms with Crippen LogP contribution in [0, 0.1) is 5.82 Å². The SMILES string of the molecule is CNC(=O)C(Cc1ccccc1)N(Cc1ccccc1F)C(=O)CCCN(c1ccccc1)S(C)(=O)=O. The third kappa shape index (κ3) is 7.88. The maximum absolute atomic E-state index is 14.6. The molecule has 2 amide bonds. The zero-order valence-corrected chi connectivity index (χ0v) is 21.8. The number of amides is 2. The van der Waals surface area contributed by atoms with Crippen molar-refractivity contribution in [2.24, 2.45) is 0 Å². The van der Waals surface area contributed by atoms with Crippen molar-refractivity contribution >= 4 is 27.5 Å². The molecule has 0 bridgehead atoms. The first-order chi connectivity index (χ1) is 17.7. The Balaban J connectivity index is 1.84. The minimum Gasteiger partial charge on any atom is -0.357 e. The lowest BCUT2D eigenvalue weighted by molar-refractivity contribution is -0.141. The minimum absolute atomic E-state index is 0.0183. The first-order valence-corrected chi connectivity index (χ1v) is 13.9. The second-order valence-corrected chi connectivity index (χ2v) is 10.6. The molecule has 0 radical (unpaired) electrons. The largest absolute Gasteiger partial charge is 0.357 e. The van der Waals surface area contributed by atoms with Crippen molar-refractivity contribution < 1.29 is 22.4 Å².